The lowest BCUT2D eigenvalue weighted by Crippen LogP contribution is -2.38. The molecule has 2 aromatic heterocycles. The van der Waals surface area contributed by atoms with Crippen molar-refractivity contribution in [3.8, 4) is 0 Å². The van der Waals surface area contributed by atoms with Gasteiger partial charge in [-0.25, -0.2) is 15.0 Å². The zero-order valence-electron chi connectivity index (χ0n) is 27.0. The zero-order valence-corrected chi connectivity index (χ0v) is 27.9. The molecule has 0 spiro atoms. The molecule has 250 valence electrons. The molecule has 0 radical (unpaired) electrons. The number of aliphatic hydroxyl groups excluding tert-OH is 2. The predicted octanol–water partition coefficient (Wildman–Crippen LogP) is 3.66. The van der Waals surface area contributed by atoms with Crippen LogP contribution in [0.2, 0.25) is 0 Å². The van der Waals surface area contributed by atoms with E-state index >= 15 is 0 Å². The Bertz CT molecular complexity index is 1330. The van der Waals surface area contributed by atoms with E-state index in [1.165, 1.54) is 12.7 Å². The molecule has 0 aliphatic carbocycles. The molecule has 2 aliphatic rings. The predicted molar refractivity (Wildman–Crippen MR) is 165 cm³/mol. The Labute approximate surface area is 259 Å². The van der Waals surface area contributed by atoms with Crippen LogP contribution in [-0.2, 0) is 23.1 Å². The van der Waals surface area contributed by atoms with E-state index in [-0.39, 0.29) is 23.9 Å². The van der Waals surface area contributed by atoms with Crippen LogP contribution in [0.4, 0.5) is 5.82 Å². The van der Waals surface area contributed by atoms with Crippen molar-refractivity contribution in [1.29, 1.82) is 0 Å². The Morgan fingerprint density at radius 1 is 1.14 bits per heavy atom. The van der Waals surface area contributed by atoms with Gasteiger partial charge >= 0.3 is 7.60 Å². The number of imidazole rings is 1. The summed E-state index contributed by atoms with van der Waals surface area (Å²) in [5, 5.41) is 35.6. The molecule has 2 aliphatic heterocycles. The molecule has 4 heterocycles. The highest BCUT2D eigenvalue weighted by Gasteiger charge is 2.70. The molecule has 2 saturated heterocycles. The van der Waals surface area contributed by atoms with Crippen LogP contribution in [-0.4, -0.2) is 89.6 Å². The Morgan fingerprint density at radius 2 is 1.86 bits per heavy atom. The van der Waals surface area contributed by atoms with Crippen LogP contribution in [0.15, 0.2) is 12.7 Å². The van der Waals surface area contributed by atoms with Crippen molar-refractivity contribution in [2.45, 2.75) is 128 Å². The second-order valence-electron chi connectivity index (χ2n) is 13.6. The molecule has 44 heavy (non-hydrogen) atoms. The van der Waals surface area contributed by atoms with Crippen LogP contribution in [0.3, 0.4) is 0 Å². The van der Waals surface area contributed by atoms with Gasteiger partial charge in [-0.05, 0) is 58.4 Å². The summed E-state index contributed by atoms with van der Waals surface area (Å²) in [4.78, 5) is 13.3. The molecule has 14 nitrogen and oxygen atoms in total. The Morgan fingerprint density at radius 3 is 2.50 bits per heavy atom. The maximum Gasteiger partial charge on any atom is 0.393 e. The van der Waals surface area contributed by atoms with E-state index in [1.807, 2.05) is 6.92 Å². The number of anilines is 1. The second kappa shape index (κ2) is 13.2. The van der Waals surface area contributed by atoms with Crippen LogP contribution < -0.4 is 11.1 Å². The molecule has 0 saturated carbocycles. The minimum Gasteiger partial charge on any atom is -0.388 e. The van der Waals surface area contributed by atoms with Gasteiger partial charge in [0.15, 0.2) is 23.2 Å². The fraction of sp³-hybridized carbons (Fsp3) is 0.828. The van der Waals surface area contributed by atoms with Crippen molar-refractivity contribution < 1.29 is 38.4 Å². The van der Waals surface area contributed by atoms with Gasteiger partial charge in [0.2, 0.25) is 0 Å². The molecule has 6 N–H and O–H groups in total. The summed E-state index contributed by atoms with van der Waals surface area (Å²) in [6.07, 6.45) is 1.80. The summed E-state index contributed by atoms with van der Waals surface area (Å²) >= 11 is 0. The average Bonchev–Trinajstić information content (AvgIpc) is 3.20. The van der Waals surface area contributed by atoms with Gasteiger partial charge in [-0.15, -0.1) is 0 Å². The molecule has 7 atom stereocenters. The first kappa shape index (κ1) is 35.1. The fourth-order valence-electron chi connectivity index (χ4n) is 5.39. The van der Waals surface area contributed by atoms with Crippen molar-refractivity contribution in [3.63, 3.8) is 0 Å². The minimum atomic E-state index is -3.70. The first-order valence-electron chi connectivity index (χ1n) is 15.5. The largest absolute Gasteiger partial charge is 0.393 e. The maximum atomic E-state index is 12.9. The highest BCUT2D eigenvalue weighted by molar-refractivity contribution is 7.61. The van der Waals surface area contributed by atoms with Crippen LogP contribution in [0.25, 0.3) is 11.2 Å². The second-order valence-corrected chi connectivity index (χ2v) is 15.7. The lowest BCUT2D eigenvalue weighted by molar-refractivity contribution is -0.0631. The summed E-state index contributed by atoms with van der Waals surface area (Å²) in [6, 6.07) is 0. The lowest BCUT2D eigenvalue weighted by Gasteiger charge is -2.31. The van der Waals surface area contributed by atoms with Gasteiger partial charge in [0, 0.05) is 26.0 Å². The van der Waals surface area contributed by atoms with E-state index in [2.05, 4.69) is 48.0 Å². The fourth-order valence-corrected chi connectivity index (χ4v) is 7.42. The van der Waals surface area contributed by atoms with E-state index in [1.54, 1.807) is 18.4 Å². The van der Waals surface area contributed by atoms with Crippen molar-refractivity contribution in [2.24, 2.45) is 11.1 Å². The number of nitrogens with zero attached hydrogens (tertiary/aromatic N) is 4. The number of nitrogens with one attached hydrogen (secondary N) is 1. The number of aliphatic hydroxyl groups is 3. The van der Waals surface area contributed by atoms with Crippen LogP contribution in [0.1, 0.15) is 93.2 Å². The van der Waals surface area contributed by atoms with Crippen molar-refractivity contribution in [3.05, 3.63) is 12.7 Å². The van der Waals surface area contributed by atoms with Gasteiger partial charge in [-0.3, -0.25) is 18.2 Å². The van der Waals surface area contributed by atoms with Gasteiger partial charge < -0.3 is 35.8 Å². The summed E-state index contributed by atoms with van der Waals surface area (Å²) in [5.74, 6) is 0.542. The number of rotatable bonds is 17. The number of ether oxygens (including phenoxy) is 2. The number of hydrogen-bond acceptors (Lipinski definition) is 13. The zero-order chi connectivity index (χ0) is 32.6. The first-order chi connectivity index (χ1) is 20.5. The Kier molecular flexibility index (Phi) is 10.5. The molecule has 2 fully saturated rings. The lowest BCUT2D eigenvalue weighted by atomic mass is 9.89. The molecule has 4 unspecified atom stereocenters. The third kappa shape index (κ3) is 7.62. The smallest absolute Gasteiger partial charge is 0.388 e. The number of fused-ring (bicyclic) bond motifs is 1. The SMILES string of the molecule is CCC(C)(CC1O[C@@H](n2cnc3c(NCC(C)(C)CCOC(C)(C)CCCN)ncnc32)[C@H](O)[C@@H]1O)OP1(=O)OC1(O)CC. The third-order valence-electron chi connectivity index (χ3n) is 8.80. The summed E-state index contributed by atoms with van der Waals surface area (Å²) in [6.45, 7) is 15.6. The van der Waals surface area contributed by atoms with E-state index in [9.17, 15) is 19.9 Å². The molecule has 4 rings (SSSR count). The van der Waals surface area contributed by atoms with E-state index in [4.69, 9.17) is 24.3 Å². The van der Waals surface area contributed by atoms with Crippen LogP contribution in [0.5, 0.6) is 0 Å². The average molecular weight is 643 g/mol. The molecule has 0 aromatic carbocycles. The van der Waals surface area contributed by atoms with Crippen molar-refractivity contribution >= 4 is 24.6 Å². The van der Waals surface area contributed by atoms with E-state index in [0.29, 0.717) is 43.1 Å². The first-order valence-corrected chi connectivity index (χ1v) is 17.1. The molecular weight excluding hydrogens is 591 g/mol. The monoisotopic (exact) mass is 642 g/mol. The third-order valence-corrected chi connectivity index (χ3v) is 11.1. The Hall–Kier alpha value is -1.74. The van der Waals surface area contributed by atoms with Crippen LogP contribution in [0, 0.1) is 5.41 Å². The highest BCUT2D eigenvalue weighted by Crippen LogP contribution is 2.80. The maximum absolute atomic E-state index is 12.9. The van der Waals surface area contributed by atoms with Gasteiger partial charge in [0.05, 0.1) is 23.6 Å². The van der Waals surface area contributed by atoms with Crippen molar-refractivity contribution in [1.82, 2.24) is 19.5 Å². The van der Waals surface area contributed by atoms with Crippen LogP contribution >= 0.6 is 7.60 Å². The van der Waals surface area contributed by atoms with Crippen molar-refractivity contribution in [2.75, 3.05) is 25.0 Å². The van der Waals surface area contributed by atoms with Gasteiger partial charge in [-0.1, -0.05) is 27.7 Å². The van der Waals surface area contributed by atoms with Gasteiger partial charge in [0.1, 0.15) is 18.5 Å². The van der Waals surface area contributed by atoms with Gasteiger partial charge in [-0.2, -0.15) is 0 Å². The topological polar surface area (TPSA) is 200 Å². The summed E-state index contributed by atoms with van der Waals surface area (Å²) < 4.78 is 37.6. The normalized spacial score (nSPS) is 30.5. The quantitative estimate of drug-likeness (QED) is 0.124. The molecule has 0 bridgehead atoms. The number of nitrogens with two attached hydrogens (primary N) is 1. The number of hydrogen-bond donors (Lipinski definition) is 5. The molecular formula is C29H51N6O8P. The standard InChI is InChI=1S/C29H51N6O8P/c1-8-28(7,42-44(39)29(38,9-2)43-44)15-19-21(36)22(37)25(41-19)35-18-34-20-23(32-17-33-24(20)35)31-16-26(3,4)12-14-40-27(5,6)11-10-13-30/h17-19,21-22,25,36-38H,8-16,30H2,1-7H3,(H,31,32,33)/t19?,21-,22-,25-,28?,29?,44?/m1/s1. The minimum absolute atomic E-state index is 0.1000. The van der Waals surface area contributed by atoms with Gasteiger partial charge in [0.25, 0.3) is 5.53 Å². The Balaban J connectivity index is 1.41. The summed E-state index contributed by atoms with van der Waals surface area (Å²) in [7, 11) is -3.70. The summed E-state index contributed by atoms with van der Waals surface area (Å²) in [5.41, 5.74) is 3.41. The highest BCUT2D eigenvalue weighted by atomic mass is 31.2. The molecule has 2 aromatic rings. The van der Waals surface area contributed by atoms with E-state index < -0.39 is 43.3 Å². The van der Waals surface area contributed by atoms with E-state index in [0.717, 1.165) is 19.3 Å². The molecule has 15 heteroatoms. The molecule has 0 amide bonds. The number of aromatic nitrogens is 4.